The van der Waals surface area contributed by atoms with Crippen molar-refractivity contribution in [2.75, 3.05) is 0 Å². The third-order valence-electron chi connectivity index (χ3n) is 2.48. The number of hydrogen-bond acceptors (Lipinski definition) is 5. The Bertz CT molecular complexity index is 738. The first-order chi connectivity index (χ1) is 9.37. The van der Waals surface area contributed by atoms with E-state index in [9.17, 15) is 18.3 Å². The Kier molecular flexibility index (Phi) is 3.73. The fraction of sp³-hybridized carbons (Fsp3) is 0. The van der Waals surface area contributed by atoms with Crippen molar-refractivity contribution in [2.24, 2.45) is 5.14 Å². The minimum atomic E-state index is -4.09. The lowest BCUT2D eigenvalue weighted by Crippen LogP contribution is -2.18. The van der Waals surface area contributed by atoms with E-state index in [1.54, 1.807) is 12.1 Å². The Hall–Kier alpha value is -2.38. The van der Waals surface area contributed by atoms with Crippen LogP contribution < -0.4 is 9.32 Å². The molecule has 3 N–H and O–H groups in total. The molecule has 0 aliphatic carbocycles. The van der Waals surface area contributed by atoms with Crippen molar-refractivity contribution >= 4 is 16.1 Å². The van der Waals surface area contributed by atoms with Gasteiger partial charge in [0.2, 0.25) is 0 Å². The molecule has 0 spiro atoms. The molecule has 0 fully saturated rings. The van der Waals surface area contributed by atoms with Crippen molar-refractivity contribution in [3.05, 3.63) is 59.7 Å². The molecule has 0 unspecified atom stereocenters. The number of nitrogens with two attached hydrogens (primary N) is 1. The summed E-state index contributed by atoms with van der Waals surface area (Å²) in [6.45, 7) is 0. The van der Waals surface area contributed by atoms with Crippen LogP contribution in [-0.2, 0) is 10.3 Å². The van der Waals surface area contributed by atoms with Crippen molar-refractivity contribution in [3.63, 3.8) is 0 Å². The molecular weight excluding hydrogens is 282 g/mol. The van der Waals surface area contributed by atoms with Crippen LogP contribution in [0.2, 0.25) is 0 Å². The molecule has 0 saturated carbocycles. The van der Waals surface area contributed by atoms with E-state index in [0.29, 0.717) is 0 Å². The topological polar surface area (TPSA) is 107 Å². The molecule has 2 aromatic carbocycles. The smallest absolute Gasteiger partial charge is 0.380 e. The Morgan fingerprint density at radius 2 is 1.65 bits per heavy atom. The molecule has 0 atom stereocenters. The Labute approximate surface area is 115 Å². The first-order valence-corrected chi connectivity index (χ1v) is 6.99. The molecule has 20 heavy (non-hydrogen) atoms. The van der Waals surface area contributed by atoms with Crippen LogP contribution in [0.15, 0.2) is 48.5 Å². The van der Waals surface area contributed by atoms with Gasteiger partial charge in [-0.2, -0.15) is 13.6 Å². The van der Waals surface area contributed by atoms with Gasteiger partial charge >= 0.3 is 10.3 Å². The number of benzene rings is 2. The Balaban J connectivity index is 2.27. The second-order valence-corrected chi connectivity index (χ2v) is 5.10. The second kappa shape index (κ2) is 5.32. The predicted octanol–water partition coefficient (Wildman–Crippen LogP) is 1.21. The van der Waals surface area contributed by atoms with E-state index in [0.717, 1.165) is 0 Å². The summed E-state index contributed by atoms with van der Waals surface area (Å²) in [6, 6.07) is 11.5. The molecule has 0 aliphatic rings. The molecule has 6 nitrogen and oxygen atoms in total. The molecule has 2 aromatic rings. The molecule has 0 amide bonds. The van der Waals surface area contributed by atoms with Crippen LogP contribution in [0, 0.1) is 0 Å². The molecule has 0 bridgehead atoms. The van der Waals surface area contributed by atoms with Crippen LogP contribution in [0.1, 0.15) is 15.9 Å². The first kappa shape index (κ1) is 14.0. The molecule has 0 heterocycles. The van der Waals surface area contributed by atoms with Gasteiger partial charge < -0.3 is 9.29 Å². The zero-order chi connectivity index (χ0) is 14.8. The number of phenolic OH excluding ortho intramolecular Hbond substituents is 1. The molecule has 7 heteroatoms. The summed E-state index contributed by atoms with van der Waals surface area (Å²) < 4.78 is 25.9. The summed E-state index contributed by atoms with van der Waals surface area (Å²) in [7, 11) is -4.09. The third kappa shape index (κ3) is 3.34. The van der Waals surface area contributed by atoms with Gasteiger partial charge in [0, 0.05) is 5.56 Å². The van der Waals surface area contributed by atoms with Crippen molar-refractivity contribution in [1.29, 1.82) is 0 Å². The number of aromatic hydroxyl groups is 1. The Morgan fingerprint density at radius 1 is 1.05 bits per heavy atom. The van der Waals surface area contributed by atoms with Gasteiger partial charge in [-0.15, -0.1) is 0 Å². The number of carbonyl (C=O) groups is 1. The van der Waals surface area contributed by atoms with Crippen LogP contribution in [0.5, 0.6) is 11.5 Å². The molecule has 2 rings (SSSR count). The summed E-state index contributed by atoms with van der Waals surface area (Å²) in [6.07, 6.45) is 0. The first-order valence-electron chi connectivity index (χ1n) is 5.52. The Morgan fingerprint density at radius 3 is 2.20 bits per heavy atom. The van der Waals surface area contributed by atoms with Gasteiger partial charge in [-0.05, 0) is 36.4 Å². The lowest BCUT2D eigenvalue weighted by Gasteiger charge is -2.05. The van der Waals surface area contributed by atoms with E-state index in [4.69, 9.17) is 5.14 Å². The van der Waals surface area contributed by atoms with Gasteiger partial charge in [0.15, 0.2) is 5.78 Å². The fourth-order valence-electron chi connectivity index (χ4n) is 1.62. The van der Waals surface area contributed by atoms with Crippen molar-refractivity contribution < 1.29 is 22.5 Å². The van der Waals surface area contributed by atoms with E-state index in [2.05, 4.69) is 4.18 Å². The lowest BCUT2D eigenvalue weighted by atomic mass is 10.0. The highest BCUT2D eigenvalue weighted by atomic mass is 32.2. The molecule has 0 radical (unpaired) electrons. The maximum atomic E-state index is 12.1. The van der Waals surface area contributed by atoms with E-state index < -0.39 is 10.3 Å². The number of hydrogen-bond donors (Lipinski definition) is 2. The molecule has 0 saturated heterocycles. The number of carbonyl (C=O) groups excluding carboxylic acids is 1. The van der Waals surface area contributed by atoms with Crippen LogP contribution in [0.3, 0.4) is 0 Å². The van der Waals surface area contributed by atoms with Crippen molar-refractivity contribution in [1.82, 2.24) is 0 Å². The van der Waals surface area contributed by atoms with Crippen LogP contribution in [0.4, 0.5) is 0 Å². The summed E-state index contributed by atoms with van der Waals surface area (Å²) in [5.41, 5.74) is 0.445. The molecular formula is C13H11NO5S. The standard InChI is InChI=1S/C13H11NO5S/c14-20(17,18)19-10-7-5-9(6-8-10)13(16)11-3-1-2-4-12(11)15/h1-8,15H,(H2,14,17,18). The minimum absolute atomic E-state index is 0.00123. The monoisotopic (exact) mass is 293 g/mol. The summed E-state index contributed by atoms with van der Waals surface area (Å²) in [5.74, 6) is -0.506. The fourth-order valence-corrected chi connectivity index (χ4v) is 2.00. The minimum Gasteiger partial charge on any atom is -0.507 e. The van der Waals surface area contributed by atoms with Crippen LogP contribution in [-0.4, -0.2) is 19.3 Å². The summed E-state index contributed by atoms with van der Waals surface area (Å²) in [4.78, 5) is 12.1. The quantitative estimate of drug-likeness (QED) is 0.824. The highest BCUT2D eigenvalue weighted by molar-refractivity contribution is 7.84. The van der Waals surface area contributed by atoms with Crippen molar-refractivity contribution in [3.8, 4) is 11.5 Å². The van der Waals surface area contributed by atoms with Crippen LogP contribution in [0.25, 0.3) is 0 Å². The summed E-state index contributed by atoms with van der Waals surface area (Å²) >= 11 is 0. The van der Waals surface area contributed by atoms with E-state index in [1.165, 1.54) is 36.4 Å². The zero-order valence-electron chi connectivity index (χ0n) is 10.2. The number of para-hydroxylation sites is 1. The van der Waals surface area contributed by atoms with Crippen molar-refractivity contribution in [2.45, 2.75) is 0 Å². The maximum Gasteiger partial charge on any atom is 0.380 e. The van der Waals surface area contributed by atoms with Gasteiger partial charge in [0.1, 0.15) is 11.5 Å². The molecule has 104 valence electrons. The van der Waals surface area contributed by atoms with Gasteiger partial charge in [-0.1, -0.05) is 12.1 Å². The average Bonchev–Trinajstić information content (AvgIpc) is 2.37. The SMILES string of the molecule is NS(=O)(=O)Oc1ccc(C(=O)c2ccccc2O)cc1. The zero-order valence-corrected chi connectivity index (χ0v) is 11.0. The largest absolute Gasteiger partial charge is 0.507 e. The normalized spacial score (nSPS) is 11.1. The van der Waals surface area contributed by atoms with Crippen LogP contribution >= 0.6 is 0 Å². The van der Waals surface area contributed by atoms with Gasteiger partial charge in [0.05, 0.1) is 5.56 Å². The molecule has 0 aromatic heterocycles. The van der Waals surface area contributed by atoms with E-state index >= 15 is 0 Å². The third-order valence-corrected chi connectivity index (χ3v) is 2.90. The second-order valence-electron chi connectivity index (χ2n) is 3.95. The average molecular weight is 293 g/mol. The highest BCUT2D eigenvalue weighted by Gasteiger charge is 2.13. The number of rotatable bonds is 4. The maximum absolute atomic E-state index is 12.1. The number of phenols is 1. The van der Waals surface area contributed by atoms with Gasteiger partial charge in [-0.3, -0.25) is 4.79 Å². The number of ketones is 1. The van der Waals surface area contributed by atoms with E-state index in [1.807, 2.05) is 0 Å². The van der Waals surface area contributed by atoms with Gasteiger partial charge in [0.25, 0.3) is 0 Å². The van der Waals surface area contributed by atoms with E-state index in [-0.39, 0.29) is 28.4 Å². The lowest BCUT2D eigenvalue weighted by molar-refractivity contribution is 0.103. The highest BCUT2D eigenvalue weighted by Crippen LogP contribution is 2.21. The molecule has 0 aliphatic heterocycles. The van der Waals surface area contributed by atoms with Gasteiger partial charge in [-0.25, -0.2) is 0 Å². The predicted molar refractivity (Wildman–Crippen MR) is 71.7 cm³/mol. The summed E-state index contributed by atoms with van der Waals surface area (Å²) in [5, 5.41) is 14.3.